The van der Waals surface area contributed by atoms with E-state index in [4.69, 9.17) is 9.47 Å². The first-order chi connectivity index (χ1) is 17.9. The SMILES string of the molecule is CC(=O)OC[C@]12CCC(C)(C)C[C@H]1C1=CC[C@@H]3[C@@]4(C)CC[C@H](OC(C)=O)C(C)(C)[C@@H]4CC[C@@]3(C)[C@]1(C)C[C@H]2O. The molecule has 4 saturated carbocycles. The van der Waals surface area contributed by atoms with E-state index in [0.717, 1.165) is 57.8 Å². The van der Waals surface area contributed by atoms with Crippen molar-refractivity contribution in [3.63, 3.8) is 0 Å². The van der Waals surface area contributed by atoms with E-state index in [0.29, 0.717) is 18.4 Å². The van der Waals surface area contributed by atoms with E-state index < -0.39 is 6.10 Å². The molecule has 0 saturated heterocycles. The fraction of sp³-hybridized carbons (Fsp3) is 0.882. The maximum Gasteiger partial charge on any atom is 0.302 e. The summed E-state index contributed by atoms with van der Waals surface area (Å²) in [6, 6.07) is 0. The fourth-order valence-electron chi connectivity index (χ4n) is 11.3. The molecule has 220 valence electrons. The van der Waals surface area contributed by atoms with Crippen LogP contribution in [0.2, 0.25) is 0 Å². The van der Waals surface area contributed by atoms with Gasteiger partial charge >= 0.3 is 11.9 Å². The van der Waals surface area contributed by atoms with Crippen molar-refractivity contribution < 1.29 is 24.2 Å². The molecule has 5 nitrogen and oxygen atoms in total. The number of ether oxygens (including phenoxy) is 2. The Morgan fingerprint density at radius 3 is 2.23 bits per heavy atom. The van der Waals surface area contributed by atoms with Gasteiger partial charge < -0.3 is 14.6 Å². The molecule has 0 bridgehead atoms. The second kappa shape index (κ2) is 9.07. The minimum Gasteiger partial charge on any atom is -0.465 e. The Morgan fingerprint density at radius 1 is 0.897 bits per heavy atom. The molecular weight excluding hydrogens is 488 g/mol. The molecule has 5 rings (SSSR count). The Kier molecular flexibility index (Phi) is 6.78. The van der Waals surface area contributed by atoms with Crippen molar-refractivity contribution in [3.8, 4) is 0 Å². The number of carbonyl (C=O) groups excluding carboxylic acids is 2. The first-order valence-corrected chi connectivity index (χ1v) is 15.6. The van der Waals surface area contributed by atoms with Crippen LogP contribution >= 0.6 is 0 Å². The Bertz CT molecular complexity index is 1060. The second-order valence-corrected chi connectivity index (χ2v) is 16.4. The van der Waals surface area contributed by atoms with Gasteiger partial charge in [0.05, 0.1) is 12.7 Å². The van der Waals surface area contributed by atoms with E-state index in [1.165, 1.54) is 6.92 Å². The van der Waals surface area contributed by atoms with E-state index in [2.05, 4.69) is 54.5 Å². The highest BCUT2D eigenvalue weighted by Gasteiger charge is 2.70. The topological polar surface area (TPSA) is 72.8 Å². The van der Waals surface area contributed by atoms with Gasteiger partial charge in [-0.25, -0.2) is 0 Å². The molecular formula is C34H54O5. The summed E-state index contributed by atoms with van der Waals surface area (Å²) in [7, 11) is 0. The van der Waals surface area contributed by atoms with Crippen LogP contribution < -0.4 is 0 Å². The van der Waals surface area contributed by atoms with Gasteiger partial charge in [0.1, 0.15) is 6.10 Å². The zero-order valence-electron chi connectivity index (χ0n) is 26.1. The monoisotopic (exact) mass is 542 g/mol. The van der Waals surface area contributed by atoms with Crippen molar-refractivity contribution in [2.45, 2.75) is 132 Å². The quantitative estimate of drug-likeness (QED) is 0.300. The Hall–Kier alpha value is -1.36. The van der Waals surface area contributed by atoms with Gasteiger partial charge in [-0.15, -0.1) is 0 Å². The number of allylic oxidation sites excluding steroid dienone is 2. The van der Waals surface area contributed by atoms with Crippen LogP contribution in [0.15, 0.2) is 11.6 Å². The van der Waals surface area contributed by atoms with Gasteiger partial charge in [-0.1, -0.05) is 60.1 Å². The molecule has 1 N–H and O–H groups in total. The molecule has 4 fully saturated rings. The lowest BCUT2D eigenvalue weighted by molar-refractivity contribution is -0.224. The predicted octanol–water partition coefficient (Wildman–Crippen LogP) is 7.25. The first-order valence-electron chi connectivity index (χ1n) is 15.6. The zero-order valence-corrected chi connectivity index (χ0v) is 26.1. The van der Waals surface area contributed by atoms with Gasteiger partial charge in [0, 0.05) is 24.7 Å². The van der Waals surface area contributed by atoms with Gasteiger partial charge in [-0.3, -0.25) is 9.59 Å². The van der Waals surface area contributed by atoms with E-state index >= 15 is 0 Å². The van der Waals surface area contributed by atoms with Crippen LogP contribution in [-0.2, 0) is 19.1 Å². The Labute approximate surface area is 236 Å². The van der Waals surface area contributed by atoms with E-state index in [1.807, 2.05) is 0 Å². The third kappa shape index (κ3) is 4.09. The summed E-state index contributed by atoms with van der Waals surface area (Å²) in [6.07, 6.45) is 11.1. The second-order valence-electron chi connectivity index (χ2n) is 16.4. The van der Waals surface area contributed by atoms with Gasteiger partial charge in [-0.2, -0.15) is 0 Å². The van der Waals surface area contributed by atoms with Crippen LogP contribution in [0.1, 0.15) is 120 Å². The molecule has 0 aliphatic heterocycles. The van der Waals surface area contributed by atoms with Gasteiger partial charge in [0.2, 0.25) is 0 Å². The lowest BCUT2D eigenvalue weighted by Gasteiger charge is -2.72. The van der Waals surface area contributed by atoms with Crippen LogP contribution in [-0.4, -0.2) is 35.9 Å². The maximum absolute atomic E-state index is 12.1. The van der Waals surface area contributed by atoms with Gasteiger partial charge in [0.15, 0.2) is 0 Å². The highest BCUT2D eigenvalue weighted by atomic mass is 16.5. The highest BCUT2D eigenvalue weighted by Crippen LogP contribution is 2.75. The van der Waals surface area contributed by atoms with E-state index in [9.17, 15) is 14.7 Å². The summed E-state index contributed by atoms with van der Waals surface area (Å²) in [5.74, 6) is 0.814. The lowest BCUT2D eigenvalue weighted by Crippen LogP contribution is -2.67. The average molecular weight is 543 g/mol. The molecule has 0 heterocycles. The van der Waals surface area contributed by atoms with Gasteiger partial charge in [0.25, 0.3) is 0 Å². The van der Waals surface area contributed by atoms with E-state index in [1.54, 1.807) is 12.5 Å². The number of hydrogen-bond acceptors (Lipinski definition) is 5. The van der Waals surface area contributed by atoms with Crippen molar-refractivity contribution in [2.24, 2.45) is 50.2 Å². The molecule has 0 aromatic heterocycles. The first kappa shape index (κ1) is 29.1. The molecule has 5 aliphatic carbocycles. The smallest absolute Gasteiger partial charge is 0.302 e. The Balaban J connectivity index is 1.56. The van der Waals surface area contributed by atoms with Crippen LogP contribution in [0.5, 0.6) is 0 Å². The standard InChI is InChI=1S/C34H54O5/c1-21(35)38-20-34-17-16-29(3,4)18-24(34)23-10-11-26-31(7)14-13-28(39-22(2)36)30(5,6)25(31)12-15-32(26,8)33(23,9)19-27(34)37/h10,24-28,37H,11-20H2,1-9H3/t24-,25-,26+,27+,28-,31-,32+,33+,34+/m0/s1. The molecule has 0 amide bonds. The fourth-order valence-corrected chi connectivity index (χ4v) is 11.3. The molecule has 5 aliphatic rings. The number of rotatable bonds is 3. The number of aliphatic hydroxyl groups excluding tert-OH is 1. The summed E-state index contributed by atoms with van der Waals surface area (Å²) in [5, 5.41) is 12.1. The Morgan fingerprint density at radius 2 is 1.59 bits per heavy atom. The minimum absolute atomic E-state index is 0.0226. The van der Waals surface area contributed by atoms with Crippen molar-refractivity contribution in [3.05, 3.63) is 11.6 Å². The minimum atomic E-state index is -0.489. The molecule has 0 unspecified atom stereocenters. The summed E-state index contributed by atoms with van der Waals surface area (Å²) in [4.78, 5) is 23.9. The molecule has 0 radical (unpaired) electrons. The van der Waals surface area contributed by atoms with Crippen LogP contribution in [0, 0.1) is 50.2 Å². The number of hydrogen-bond donors (Lipinski definition) is 1. The van der Waals surface area contributed by atoms with E-state index in [-0.39, 0.29) is 56.5 Å². The number of carbonyl (C=O) groups is 2. The summed E-state index contributed by atoms with van der Waals surface area (Å²) in [5.41, 5.74) is 1.41. The normalized spacial score (nSPS) is 47.8. The van der Waals surface area contributed by atoms with Crippen LogP contribution in [0.3, 0.4) is 0 Å². The molecule has 0 spiro atoms. The van der Waals surface area contributed by atoms with Crippen molar-refractivity contribution in [2.75, 3.05) is 6.61 Å². The van der Waals surface area contributed by atoms with Crippen molar-refractivity contribution in [1.29, 1.82) is 0 Å². The predicted molar refractivity (Wildman–Crippen MR) is 153 cm³/mol. The number of aliphatic hydroxyl groups is 1. The average Bonchev–Trinajstić information content (AvgIpc) is 2.80. The summed E-state index contributed by atoms with van der Waals surface area (Å²) < 4.78 is 11.6. The molecule has 9 atom stereocenters. The maximum atomic E-state index is 12.1. The van der Waals surface area contributed by atoms with Crippen LogP contribution in [0.25, 0.3) is 0 Å². The van der Waals surface area contributed by atoms with Crippen LogP contribution in [0.4, 0.5) is 0 Å². The number of fused-ring (bicyclic) bond motifs is 7. The highest BCUT2D eigenvalue weighted by molar-refractivity contribution is 5.66. The third-order valence-electron chi connectivity index (χ3n) is 13.7. The summed E-state index contributed by atoms with van der Waals surface area (Å²) in [6.45, 7) is 20.3. The third-order valence-corrected chi connectivity index (χ3v) is 13.7. The van der Waals surface area contributed by atoms with Crippen molar-refractivity contribution in [1.82, 2.24) is 0 Å². The van der Waals surface area contributed by atoms with Gasteiger partial charge in [-0.05, 0) is 97.2 Å². The molecule has 5 heteroatoms. The molecule has 0 aromatic carbocycles. The zero-order chi connectivity index (χ0) is 28.8. The molecule has 39 heavy (non-hydrogen) atoms. The largest absolute Gasteiger partial charge is 0.465 e. The van der Waals surface area contributed by atoms with Crippen molar-refractivity contribution >= 4 is 11.9 Å². The summed E-state index contributed by atoms with van der Waals surface area (Å²) >= 11 is 0. The lowest BCUT2D eigenvalue weighted by atomic mass is 9.33. The molecule has 0 aromatic rings. The number of esters is 2.